The highest BCUT2D eigenvalue weighted by atomic mass is 16.5. The monoisotopic (exact) mass is 213 g/mol. The highest BCUT2D eigenvalue weighted by molar-refractivity contribution is 5.66. The van der Waals surface area contributed by atoms with Gasteiger partial charge in [0.2, 0.25) is 0 Å². The van der Waals surface area contributed by atoms with Crippen molar-refractivity contribution in [1.29, 1.82) is 0 Å². The summed E-state index contributed by atoms with van der Waals surface area (Å²) in [5.41, 5.74) is 0.441. The largest absolute Gasteiger partial charge is 0.481 e. The molecule has 0 saturated carbocycles. The fourth-order valence-corrected chi connectivity index (χ4v) is 2.68. The number of likely N-dealkylation sites (tertiary alicyclic amines) is 1. The van der Waals surface area contributed by atoms with Crippen LogP contribution in [0.5, 0.6) is 0 Å². The first kappa shape index (κ1) is 10.9. The first-order chi connectivity index (χ1) is 7.20. The quantitative estimate of drug-likeness (QED) is 0.758. The van der Waals surface area contributed by atoms with Crippen LogP contribution in [0.4, 0.5) is 0 Å². The van der Waals surface area contributed by atoms with E-state index in [4.69, 9.17) is 9.84 Å². The van der Waals surface area contributed by atoms with E-state index >= 15 is 0 Å². The summed E-state index contributed by atoms with van der Waals surface area (Å²) in [6, 6.07) is 0. The van der Waals surface area contributed by atoms with E-state index in [1.54, 1.807) is 0 Å². The van der Waals surface area contributed by atoms with Gasteiger partial charge in [-0.2, -0.15) is 0 Å². The summed E-state index contributed by atoms with van der Waals surface area (Å²) in [4.78, 5) is 12.8. The molecule has 0 amide bonds. The van der Waals surface area contributed by atoms with Crippen molar-refractivity contribution < 1.29 is 14.6 Å². The zero-order valence-electron chi connectivity index (χ0n) is 9.07. The molecule has 15 heavy (non-hydrogen) atoms. The van der Waals surface area contributed by atoms with E-state index in [1.165, 1.54) is 6.42 Å². The molecule has 2 heterocycles. The van der Waals surface area contributed by atoms with Crippen LogP contribution in [0.3, 0.4) is 0 Å². The maximum atomic E-state index is 10.5. The third-order valence-electron chi connectivity index (χ3n) is 3.71. The SMILES string of the molecule is O=C(O)CCN1CCC2(CCOCC2)C1. The van der Waals surface area contributed by atoms with E-state index < -0.39 is 5.97 Å². The summed E-state index contributed by atoms with van der Waals surface area (Å²) in [5, 5.41) is 8.63. The van der Waals surface area contributed by atoms with E-state index in [1.807, 2.05) is 0 Å². The summed E-state index contributed by atoms with van der Waals surface area (Å²) in [6.45, 7) is 4.61. The van der Waals surface area contributed by atoms with Gasteiger partial charge in [0.25, 0.3) is 0 Å². The van der Waals surface area contributed by atoms with Crippen molar-refractivity contribution in [3.8, 4) is 0 Å². The van der Waals surface area contributed by atoms with Crippen molar-refractivity contribution in [3.05, 3.63) is 0 Å². The van der Waals surface area contributed by atoms with Crippen molar-refractivity contribution in [2.45, 2.75) is 25.7 Å². The topological polar surface area (TPSA) is 49.8 Å². The lowest BCUT2D eigenvalue weighted by molar-refractivity contribution is -0.137. The van der Waals surface area contributed by atoms with Crippen molar-refractivity contribution in [2.75, 3.05) is 32.8 Å². The van der Waals surface area contributed by atoms with Gasteiger partial charge in [0.1, 0.15) is 0 Å². The number of carboxylic acid groups (broad SMARTS) is 1. The van der Waals surface area contributed by atoms with Crippen LogP contribution in [0.2, 0.25) is 0 Å². The molecule has 0 radical (unpaired) electrons. The number of rotatable bonds is 3. The zero-order chi connectivity index (χ0) is 10.7. The molecule has 0 aromatic heterocycles. The predicted octanol–water partition coefficient (Wildman–Crippen LogP) is 0.964. The Morgan fingerprint density at radius 1 is 1.33 bits per heavy atom. The molecule has 4 heteroatoms. The molecule has 2 aliphatic heterocycles. The normalized spacial score (nSPS) is 25.9. The number of aliphatic carboxylic acids is 1. The fraction of sp³-hybridized carbons (Fsp3) is 0.909. The van der Waals surface area contributed by atoms with E-state index in [0.29, 0.717) is 12.0 Å². The molecular formula is C11H19NO3. The lowest BCUT2D eigenvalue weighted by Gasteiger charge is -2.33. The summed E-state index contributed by atoms with van der Waals surface area (Å²) in [7, 11) is 0. The molecule has 0 aromatic rings. The molecule has 0 atom stereocenters. The Hall–Kier alpha value is -0.610. The molecular weight excluding hydrogens is 194 g/mol. The summed E-state index contributed by atoms with van der Waals surface area (Å²) in [6.07, 6.45) is 3.79. The first-order valence-electron chi connectivity index (χ1n) is 5.72. The second-order valence-corrected chi connectivity index (χ2v) is 4.78. The molecule has 2 aliphatic rings. The van der Waals surface area contributed by atoms with E-state index in [0.717, 1.165) is 39.1 Å². The molecule has 2 rings (SSSR count). The number of hydrogen-bond acceptors (Lipinski definition) is 3. The molecule has 1 N–H and O–H groups in total. The van der Waals surface area contributed by atoms with Gasteiger partial charge in [0, 0.05) is 26.3 Å². The molecule has 0 aromatic carbocycles. The van der Waals surface area contributed by atoms with Crippen molar-refractivity contribution in [3.63, 3.8) is 0 Å². The van der Waals surface area contributed by atoms with Crippen molar-refractivity contribution in [2.24, 2.45) is 5.41 Å². The van der Waals surface area contributed by atoms with E-state index in [9.17, 15) is 4.79 Å². The Bertz CT molecular complexity index is 236. The molecule has 2 fully saturated rings. The second kappa shape index (κ2) is 4.49. The first-order valence-corrected chi connectivity index (χ1v) is 5.72. The molecule has 4 nitrogen and oxygen atoms in total. The maximum Gasteiger partial charge on any atom is 0.304 e. The van der Waals surface area contributed by atoms with Gasteiger partial charge in [-0.3, -0.25) is 4.79 Å². The Morgan fingerprint density at radius 3 is 2.73 bits per heavy atom. The van der Waals surface area contributed by atoms with Crippen LogP contribution < -0.4 is 0 Å². The zero-order valence-corrected chi connectivity index (χ0v) is 9.07. The van der Waals surface area contributed by atoms with Gasteiger partial charge in [-0.1, -0.05) is 0 Å². The number of ether oxygens (including phenoxy) is 1. The summed E-state index contributed by atoms with van der Waals surface area (Å²) >= 11 is 0. The minimum absolute atomic E-state index is 0.270. The standard InChI is InChI=1S/C11H19NO3/c13-10(14)1-5-12-6-2-11(9-12)3-7-15-8-4-11/h1-9H2,(H,13,14). The Kier molecular flexibility index (Phi) is 3.26. The van der Waals surface area contributed by atoms with Crippen LogP contribution >= 0.6 is 0 Å². The number of nitrogens with zero attached hydrogens (tertiary/aromatic N) is 1. The van der Waals surface area contributed by atoms with Gasteiger partial charge in [0.15, 0.2) is 0 Å². The molecule has 1 spiro atoms. The molecule has 86 valence electrons. The second-order valence-electron chi connectivity index (χ2n) is 4.78. The average Bonchev–Trinajstić information content (AvgIpc) is 2.60. The van der Waals surface area contributed by atoms with Crippen LogP contribution in [0.15, 0.2) is 0 Å². The summed E-state index contributed by atoms with van der Waals surface area (Å²) in [5.74, 6) is -0.692. The van der Waals surface area contributed by atoms with Crippen LogP contribution in [0.1, 0.15) is 25.7 Å². The maximum absolute atomic E-state index is 10.5. The highest BCUT2D eigenvalue weighted by Crippen LogP contribution is 2.39. The highest BCUT2D eigenvalue weighted by Gasteiger charge is 2.38. The van der Waals surface area contributed by atoms with E-state index in [2.05, 4.69) is 4.90 Å². The molecule has 2 saturated heterocycles. The van der Waals surface area contributed by atoms with Gasteiger partial charge in [-0.05, 0) is 31.2 Å². The molecule has 0 bridgehead atoms. The van der Waals surface area contributed by atoms with Crippen LogP contribution in [0, 0.1) is 5.41 Å². The van der Waals surface area contributed by atoms with Crippen LogP contribution in [-0.2, 0) is 9.53 Å². The van der Waals surface area contributed by atoms with Gasteiger partial charge in [0.05, 0.1) is 6.42 Å². The predicted molar refractivity (Wildman–Crippen MR) is 55.8 cm³/mol. The smallest absolute Gasteiger partial charge is 0.304 e. The van der Waals surface area contributed by atoms with Crippen LogP contribution in [0.25, 0.3) is 0 Å². The summed E-state index contributed by atoms with van der Waals surface area (Å²) < 4.78 is 5.38. The Labute approximate surface area is 90.2 Å². The lowest BCUT2D eigenvalue weighted by Crippen LogP contribution is -2.33. The Balaban J connectivity index is 1.80. The third kappa shape index (κ3) is 2.69. The van der Waals surface area contributed by atoms with Crippen molar-refractivity contribution in [1.82, 2.24) is 4.90 Å². The minimum Gasteiger partial charge on any atom is -0.481 e. The average molecular weight is 213 g/mol. The fourth-order valence-electron chi connectivity index (χ4n) is 2.68. The molecule has 0 unspecified atom stereocenters. The number of carboxylic acids is 1. The lowest BCUT2D eigenvalue weighted by atomic mass is 9.80. The van der Waals surface area contributed by atoms with Gasteiger partial charge >= 0.3 is 5.97 Å². The van der Waals surface area contributed by atoms with Gasteiger partial charge in [-0.15, -0.1) is 0 Å². The number of carbonyl (C=O) groups is 1. The van der Waals surface area contributed by atoms with Gasteiger partial charge < -0.3 is 14.7 Å². The molecule has 0 aliphatic carbocycles. The van der Waals surface area contributed by atoms with E-state index in [-0.39, 0.29) is 6.42 Å². The van der Waals surface area contributed by atoms with Crippen molar-refractivity contribution >= 4 is 5.97 Å². The van der Waals surface area contributed by atoms with Crippen LogP contribution in [-0.4, -0.2) is 48.8 Å². The Morgan fingerprint density at radius 2 is 2.07 bits per heavy atom. The van der Waals surface area contributed by atoms with Gasteiger partial charge in [-0.25, -0.2) is 0 Å². The third-order valence-corrected chi connectivity index (χ3v) is 3.71. The minimum atomic E-state index is -0.692. The number of hydrogen-bond donors (Lipinski definition) is 1.